The molecule has 2 aromatic rings. The predicted octanol–water partition coefficient (Wildman–Crippen LogP) is 3.89. The Labute approximate surface area is 120 Å². The highest BCUT2D eigenvalue weighted by molar-refractivity contribution is 5.94. The molecule has 0 aliphatic carbocycles. The van der Waals surface area contributed by atoms with Gasteiger partial charge in [0.15, 0.2) is 0 Å². The molecule has 3 nitrogen and oxygen atoms in total. The van der Waals surface area contributed by atoms with Crippen molar-refractivity contribution in [3.63, 3.8) is 0 Å². The molecular formula is C17H23N3. The second-order valence-corrected chi connectivity index (χ2v) is 5.81. The molecule has 2 heterocycles. The quantitative estimate of drug-likeness (QED) is 0.841. The van der Waals surface area contributed by atoms with E-state index >= 15 is 0 Å². The minimum Gasteiger partial charge on any atom is -0.399 e. The van der Waals surface area contributed by atoms with E-state index in [2.05, 4.69) is 35.9 Å². The van der Waals surface area contributed by atoms with Gasteiger partial charge in [-0.1, -0.05) is 6.92 Å². The Hall–Kier alpha value is -1.77. The molecule has 1 saturated heterocycles. The molecule has 1 aromatic carbocycles. The molecule has 0 spiro atoms. The van der Waals surface area contributed by atoms with Crippen LogP contribution in [0.4, 0.5) is 11.4 Å². The molecule has 1 aliphatic heterocycles. The van der Waals surface area contributed by atoms with E-state index in [0.717, 1.165) is 23.4 Å². The molecule has 3 rings (SSSR count). The van der Waals surface area contributed by atoms with Crippen molar-refractivity contribution >= 4 is 22.3 Å². The van der Waals surface area contributed by atoms with Crippen LogP contribution >= 0.6 is 0 Å². The molecule has 1 fully saturated rings. The van der Waals surface area contributed by atoms with Gasteiger partial charge in [-0.25, -0.2) is 0 Å². The van der Waals surface area contributed by atoms with Gasteiger partial charge in [0, 0.05) is 35.0 Å². The summed E-state index contributed by atoms with van der Waals surface area (Å²) in [5.74, 6) is 0. The molecule has 0 bridgehead atoms. The average molecular weight is 269 g/mol. The van der Waals surface area contributed by atoms with E-state index in [0.29, 0.717) is 6.04 Å². The van der Waals surface area contributed by atoms with Gasteiger partial charge in [0.1, 0.15) is 0 Å². The molecule has 0 radical (unpaired) electrons. The summed E-state index contributed by atoms with van der Waals surface area (Å²) in [6.45, 7) is 5.50. The highest BCUT2D eigenvalue weighted by Crippen LogP contribution is 2.33. The fourth-order valence-electron chi connectivity index (χ4n) is 3.33. The first-order valence-corrected chi connectivity index (χ1v) is 7.62. The number of nitrogens with zero attached hydrogens (tertiary/aromatic N) is 2. The van der Waals surface area contributed by atoms with Crippen molar-refractivity contribution in [1.82, 2.24) is 4.98 Å². The van der Waals surface area contributed by atoms with Crippen LogP contribution in [0.25, 0.3) is 10.9 Å². The largest absolute Gasteiger partial charge is 0.399 e. The average Bonchev–Trinajstić information content (AvgIpc) is 2.47. The smallest absolute Gasteiger partial charge is 0.0727 e. The minimum absolute atomic E-state index is 0.648. The Balaban J connectivity index is 2.15. The normalized spacial score (nSPS) is 19.5. The number of piperidine rings is 1. The summed E-state index contributed by atoms with van der Waals surface area (Å²) < 4.78 is 0. The van der Waals surface area contributed by atoms with Gasteiger partial charge in [0.2, 0.25) is 0 Å². The molecule has 0 saturated carbocycles. The number of pyridine rings is 1. The Morgan fingerprint density at radius 1 is 1.30 bits per heavy atom. The van der Waals surface area contributed by atoms with E-state index in [9.17, 15) is 0 Å². The maximum absolute atomic E-state index is 5.98. The number of hydrogen-bond acceptors (Lipinski definition) is 3. The SMILES string of the molecule is CCC1CCCCN1c1cc(C)nc2ccc(N)cc12. The second kappa shape index (κ2) is 5.31. The number of nitrogens with two attached hydrogens (primary N) is 1. The number of fused-ring (bicyclic) bond motifs is 1. The molecule has 1 atom stereocenters. The van der Waals surface area contributed by atoms with E-state index < -0.39 is 0 Å². The molecule has 3 heteroatoms. The fourth-order valence-corrected chi connectivity index (χ4v) is 3.33. The van der Waals surface area contributed by atoms with Gasteiger partial charge in [-0.15, -0.1) is 0 Å². The van der Waals surface area contributed by atoms with Crippen LogP contribution in [-0.2, 0) is 0 Å². The lowest BCUT2D eigenvalue weighted by molar-refractivity contribution is 0.451. The molecule has 1 aromatic heterocycles. The van der Waals surface area contributed by atoms with Gasteiger partial charge >= 0.3 is 0 Å². The van der Waals surface area contributed by atoms with Crippen LogP contribution in [-0.4, -0.2) is 17.6 Å². The van der Waals surface area contributed by atoms with Gasteiger partial charge < -0.3 is 10.6 Å². The Bertz CT molecular complexity index is 621. The van der Waals surface area contributed by atoms with Gasteiger partial charge in [-0.05, 0) is 56.9 Å². The first-order valence-electron chi connectivity index (χ1n) is 7.62. The summed E-state index contributed by atoms with van der Waals surface area (Å²) in [5, 5.41) is 1.19. The van der Waals surface area contributed by atoms with Crippen molar-refractivity contribution in [2.24, 2.45) is 0 Å². The van der Waals surface area contributed by atoms with Crippen molar-refractivity contribution in [3.8, 4) is 0 Å². The van der Waals surface area contributed by atoms with E-state index in [-0.39, 0.29) is 0 Å². The molecule has 1 unspecified atom stereocenters. The number of rotatable bonds is 2. The summed E-state index contributed by atoms with van der Waals surface area (Å²) in [6, 6.07) is 8.90. The molecular weight excluding hydrogens is 246 g/mol. The number of aryl methyl sites for hydroxylation is 1. The van der Waals surface area contributed by atoms with Gasteiger partial charge in [0.25, 0.3) is 0 Å². The third-order valence-corrected chi connectivity index (χ3v) is 4.35. The van der Waals surface area contributed by atoms with Crippen molar-refractivity contribution in [2.45, 2.75) is 45.6 Å². The molecule has 1 aliphatic rings. The highest BCUT2D eigenvalue weighted by Gasteiger charge is 2.23. The molecule has 0 amide bonds. The standard InChI is InChI=1S/C17H23N3/c1-3-14-6-4-5-9-20(14)17-10-12(2)19-16-8-7-13(18)11-15(16)17/h7-8,10-11,14H,3-6,9,18H2,1-2H3. The fraction of sp³-hybridized carbons (Fsp3) is 0.471. The van der Waals surface area contributed by atoms with Crippen molar-refractivity contribution in [3.05, 3.63) is 30.0 Å². The first-order chi connectivity index (χ1) is 9.69. The number of benzene rings is 1. The lowest BCUT2D eigenvalue weighted by atomic mass is 9.98. The Morgan fingerprint density at radius 2 is 2.15 bits per heavy atom. The number of aromatic nitrogens is 1. The number of nitrogen functional groups attached to an aromatic ring is 1. The highest BCUT2D eigenvalue weighted by atomic mass is 15.2. The van der Waals surface area contributed by atoms with Gasteiger partial charge in [-0.2, -0.15) is 0 Å². The second-order valence-electron chi connectivity index (χ2n) is 5.81. The summed E-state index contributed by atoms with van der Waals surface area (Å²) in [6.07, 6.45) is 5.12. The number of anilines is 2. The van der Waals surface area contributed by atoms with Crippen LogP contribution in [0.1, 0.15) is 38.3 Å². The van der Waals surface area contributed by atoms with Crippen LogP contribution in [0.3, 0.4) is 0 Å². The lowest BCUT2D eigenvalue weighted by Gasteiger charge is -2.38. The third-order valence-electron chi connectivity index (χ3n) is 4.35. The first kappa shape index (κ1) is 13.2. The summed E-state index contributed by atoms with van der Waals surface area (Å²) in [7, 11) is 0. The lowest BCUT2D eigenvalue weighted by Crippen LogP contribution is -2.39. The Morgan fingerprint density at radius 3 is 2.95 bits per heavy atom. The van der Waals surface area contributed by atoms with Gasteiger partial charge in [0.05, 0.1) is 5.52 Å². The maximum Gasteiger partial charge on any atom is 0.0727 e. The summed E-state index contributed by atoms with van der Waals surface area (Å²) in [5.41, 5.74) is 10.2. The monoisotopic (exact) mass is 269 g/mol. The zero-order chi connectivity index (χ0) is 14.1. The van der Waals surface area contributed by atoms with Crippen LogP contribution in [0.5, 0.6) is 0 Å². The molecule has 20 heavy (non-hydrogen) atoms. The van der Waals surface area contributed by atoms with Crippen LogP contribution < -0.4 is 10.6 Å². The van der Waals surface area contributed by atoms with Crippen molar-refractivity contribution in [1.29, 1.82) is 0 Å². The third kappa shape index (κ3) is 2.33. The van der Waals surface area contributed by atoms with Crippen LogP contribution in [0.15, 0.2) is 24.3 Å². The van der Waals surface area contributed by atoms with Crippen molar-refractivity contribution in [2.75, 3.05) is 17.2 Å². The van der Waals surface area contributed by atoms with Crippen molar-refractivity contribution < 1.29 is 0 Å². The zero-order valence-electron chi connectivity index (χ0n) is 12.4. The summed E-state index contributed by atoms with van der Waals surface area (Å²) >= 11 is 0. The minimum atomic E-state index is 0.648. The summed E-state index contributed by atoms with van der Waals surface area (Å²) in [4.78, 5) is 7.21. The molecule has 106 valence electrons. The van der Waals surface area contributed by atoms with Crippen LogP contribution in [0, 0.1) is 6.92 Å². The number of hydrogen-bond donors (Lipinski definition) is 1. The Kier molecular flexibility index (Phi) is 3.51. The van der Waals surface area contributed by atoms with Gasteiger partial charge in [-0.3, -0.25) is 4.98 Å². The van der Waals surface area contributed by atoms with E-state index in [4.69, 9.17) is 5.73 Å². The van der Waals surface area contributed by atoms with E-state index in [1.165, 1.54) is 36.8 Å². The predicted molar refractivity (Wildman–Crippen MR) is 86.2 cm³/mol. The van der Waals surface area contributed by atoms with Crippen LogP contribution in [0.2, 0.25) is 0 Å². The van der Waals surface area contributed by atoms with E-state index in [1.54, 1.807) is 0 Å². The topological polar surface area (TPSA) is 42.2 Å². The zero-order valence-corrected chi connectivity index (χ0v) is 12.4. The maximum atomic E-state index is 5.98. The molecule has 2 N–H and O–H groups in total. The van der Waals surface area contributed by atoms with E-state index in [1.807, 2.05) is 12.1 Å².